The molecule has 0 aliphatic carbocycles. The normalized spacial score (nSPS) is 14.3. The molecular weight excluding hydrogens is 248 g/mol. The molecule has 0 spiro atoms. The van der Waals surface area contributed by atoms with E-state index in [1.807, 2.05) is 27.7 Å². The molecule has 0 radical (unpaired) electrons. The average molecular weight is 274 g/mol. The third-order valence-corrected chi connectivity index (χ3v) is 2.76. The summed E-state index contributed by atoms with van der Waals surface area (Å²) in [5.74, 6) is -0.788. The van der Waals surface area contributed by atoms with E-state index in [1.54, 1.807) is 0 Å². The van der Waals surface area contributed by atoms with Crippen LogP contribution >= 0.6 is 0 Å². The number of hydrogen-bond acceptors (Lipinski definition) is 6. The zero-order valence-electron chi connectivity index (χ0n) is 12.2. The Bertz CT molecular complexity index is 264. The van der Waals surface area contributed by atoms with E-state index in [9.17, 15) is 9.59 Å². The van der Waals surface area contributed by atoms with Gasteiger partial charge in [0.15, 0.2) is 0 Å². The van der Waals surface area contributed by atoms with Gasteiger partial charge in [-0.05, 0) is 11.8 Å². The Kier molecular flexibility index (Phi) is 8.34. The van der Waals surface area contributed by atoms with Crippen molar-refractivity contribution in [3.8, 4) is 0 Å². The van der Waals surface area contributed by atoms with Crippen molar-refractivity contribution in [2.75, 3.05) is 13.2 Å². The lowest BCUT2D eigenvalue weighted by atomic mass is 10.1. The highest BCUT2D eigenvalue weighted by atomic mass is 16.5. The molecule has 6 heteroatoms. The second-order valence-electron chi connectivity index (χ2n) is 5.23. The van der Waals surface area contributed by atoms with Gasteiger partial charge in [0.25, 0.3) is 0 Å². The van der Waals surface area contributed by atoms with Gasteiger partial charge in [0, 0.05) is 6.42 Å². The van der Waals surface area contributed by atoms with Crippen LogP contribution in [0.25, 0.3) is 0 Å². The summed E-state index contributed by atoms with van der Waals surface area (Å²) in [7, 11) is 0. The molecular formula is C13H26N2O4. The molecule has 2 atom stereocenters. The van der Waals surface area contributed by atoms with Gasteiger partial charge >= 0.3 is 11.9 Å². The van der Waals surface area contributed by atoms with E-state index in [-0.39, 0.29) is 25.0 Å². The number of esters is 2. The van der Waals surface area contributed by atoms with Gasteiger partial charge in [-0.15, -0.1) is 0 Å². The van der Waals surface area contributed by atoms with Crippen LogP contribution in [0.4, 0.5) is 0 Å². The van der Waals surface area contributed by atoms with Gasteiger partial charge in [-0.1, -0.05) is 27.7 Å². The van der Waals surface area contributed by atoms with Gasteiger partial charge in [-0.2, -0.15) is 0 Å². The number of carbonyl (C=O) groups is 2. The number of carbonyl (C=O) groups excluding carboxylic acids is 2. The molecule has 0 aromatic heterocycles. The van der Waals surface area contributed by atoms with Crippen molar-refractivity contribution in [1.29, 1.82) is 0 Å². The standard InChI is InChI=1S/C13H26N2O4/c1-8(2)10(14)12(16)18-6-5-7-19-13(17)11(15)9(3)4/h8-11H,5-7,14-15H2,1-4H3/t10-,11-/m0/s1. The van der Waals surface area contributed by atoms with E-state index in [2.05, 4.69) is 0 Å². The summed E-state index contributed by atoms with van der Waals surface area (Å²) < 4.78 is 9.94. The smallest absolute Gasteiger partial charge is 0.323 e. The van der Waals surface area contributed by atoms with Crippen molar-refractivity contribution in [3.63, 3.8) is 0 Å². The van der Waals surface area contributed by atoms with Gasteiger partial charge in [-0.25, -0.2) is 0 Å². The summed E-state index contributed by atoms with van der Waals surface area (Å²) in [4.78, 5) is 22.8. The van der Waals surface area contributed by atoms with E-state index in [1.165, 1.54) is 0 Å². The van der Waals surface area contributed by atoms with E-state index in [4.69, 9.17) is 20.9 Å². The van der Waals surface area contributed by atoms with Gasteiger partial charge in [0.05, 0.1) is 13.2 Å². The highest BCUT2D eigenvalue weighted by Gasteiger charge is 2.19. The Hall–Kier alpha value is -1.14. The zero-order chi connectivity index (χ0) is 15.0. The Balaban J connectivity index is 3.71. The van der Waals surface area contributed by atoms with E-state index in [0.29, 0.717) is 6.42 Å². The lowest BCUT2D eigenvalue weighted by Gasteiger charge is -2.15. The van der Waals surface area contributed by atoms with Crippen LogP contribution in [0.1, 0.15) is 34.1 Å². The first-order chi connectivity index (χ1) is 8.77. The minimum absolute atomic E-state index is 0.0365. The van der Waals surface area contributed by atoms with E-state index >= 15 is 0 Å². The average Bonchev–Trinajstić information content (AvgIpc) is 2.35. The minimum atomic E-state index is -0.614. The summed E-state index contributed by atoms with van der Waals surface area (Å²) in [5, 5.41) is 0. The van der Waals surface area contributed by atoms with Gasteiger partial charge in [0.2, 0.25) is 0 Å². The molecule has 0 heterocycles. The third-order valence-electron chi connectivity index (χ3n) is 2.76. The Morgan fingerprint density at radius 3 is 1.42 bits per heavy atom. The molecule has 0 aromatic rings. The van der Waals surface area contributed by atoms with Gasteiger partial charge in [0.1, 0.15) is 12.1 Å². The van der Waals surface area contributed by atoms with Crippen LogP contribution in [0.5, 0.6) is 0 Å². The fourth-order valence-electron chi connectivity index (χ4n) is 1.14. The van der Waals surface area contributed by atoms with Crippen molar-refractivity contribution >= 4 is 11.9 Å². The molecule has 0 fully saturated rings. The maximum atomic E-state index is 11.4. The molecule has 0 saturated heterocycles. The molecule has 6 nitrogen and oxygen atoms in total. The quantitative estimate of drug-likeness (QED) is 0.491. The largest absolute Gasteiger partial charge is 0.464 e. The summed E-state index contributed by atoms with van der Waals surface area (Å²) in [6, 6.07) is -1.23. The molecule has 4 N–H and O–H groups in total. The Morgan fingerprint density at radius 2 is 1.16 bits per heavy atom. The van der Waals surface area contributed by atoms with Crippen LogP contribution in [0.2, 0.25) is 0 Å². The fourth-order valence-corrected chi connectivity index (χ4v) is 1.14. The molecule has 0 saturated carbocycles. The first kappa shape index (κ1) is 17.9. The van der Waals surface area contributed by atoms with E-state index in [0.717, 1.165) is 0 Å². The maximum absolute atomic E-state index is 11.4. The summed E-state index contributed by atoms with van der Waals surface area (Å²) in [5.41, 5.74) is 11.2. The van der Waals surface area contributed by atoms with Gasteiger partial charge < -0.3 is 20.9 Å². The molecule has 0 rings (SSSR count). The van der Waals surface area contributed by atoms with E-state index < -0.39 is 24.0 Å². The molecule has 0 aliphatic rings. The molecule has 19 heavy (non-hydrogen) atoms. The van der Waals surface area contributed by atoms with Crippen LogP contribution in [0.15, 0.2) is 0 Å². The van der Waals surface area contributed by atoms with Crippen molar-refractivity contribution in [1.82, 2.24) is 0 Å². The molecule has 0 aliphatic heterocycles. The van der Waals surface area contributed by atoms with Gasteiger partial charge in [-0.3, -0.25) is 9.59 Å². The molecule has 112 valence electrons. The number of ether oxygens (including phenoxy) is 2. The lowest BCUT2D eigenvalue weighted by molar-refractivity contribution is -0.148. The highest BCUT2D eigenvalue weighted by molar-refractivity contribution is 5.76. The fraction of sp³-hybridized carbons (Fsp3) is 0.846. The Morgan fingerprint density at radius 1 is 0.842 bits per heavy atom. The maximum Gasteiger partial charge on any atom is 0.323 e. The van der Waals surface area contributed by atoms with Crippen LogP contribution in [0.3, 0.4) is 0 Å². The van der Waals surface area contributed by atoms with Crippen molar-refractivity contribution in [3.05, 3.63) is 0 Å². The second-order valence-corrected chi connectivity index (χ2v) is 5.23. The zero-order valence-corrected chi connectivity index (χ0v) is 12.2. The highest BCUT2D eigenvalue weighted by Crippen LogP contribution is 2.02. The summed E-state index contributed by atoms with van der Waals surface area (Å²) in [6.45, 7) is 7.76. The van der Waals surface area contributed by atoms with Crippen molar-refractivity contribution < 1.29 is 19.1 Å². The van der Waals surface area contributed by atoms with Crippen LogP contribution in [-0.2, 0) is 19.1 Å². The first-order valence-corrected chi connectivity index (χ1v) is 6.61. The topological polar surface area (TPSA) is 105 Å². The number of nitrogens with two attached hydrogens (primary N) is 2. The molecule has 0 amide bonds. The monoisotopic (exact) mass is 274 g/mol. The molecule has 0 aromatic carbocycles. The summed E-state index contributed by atoms with van der Waals surface area (Å²) >= 11 is 0. The SMILES string of the molecule is CC(C)[C@H](N)C(=O)OCCCOC(=O)[C@@H](N)C(C)C. The second kappa shape index (κ2) is 8.87. The third kappa shape index (κ3) is 7.12. The van der Waals surface area contributed by atoms with Crippen LogP contribution < -0.4 is 11.5 Å². The molecule has 0 bridgehead atoms. The summed E-state index contributed by atoms with van der Waals surface area (Å²) in [6.07, 6.45) is 0.438. The first-order valence-electron chi connectivity index (χ1n) is 6.61. The predicted molar refractivity (Wildman–Crippen MR) is 72.2 cm³/mol. The van der Waals surface area contributed by atoms with Crippen molar-refractivity contribution in [2.45, 2.75) is 46.2 Å². The molecule has 0 unspecified atom stereocenters. The minimum Gasteiger partial charge on any atom is -0.464 e. The van der Waals surface area contributed by atoms with Crippen LogP contribution in [-0.4, -0.2) is 37.2 Å². The number of rotatable bonds is 8. The van der Waals surface area contributed by atoms with Crippen molar-refractivity contribution in [2.24, 2.45) is 23.3 Å². The van der Waals surface area contributed by atoms with Crippen LogP contribution in [0, 0.1) is 11.8 Å². The number of hydrogen-bond donors (Lipinski definition) is 2. The predicted octanol–water partition coefficient (Wildman–Crippen LogP) is 0.430. The lowest BCUT2D eigenvalue weighted by Crippen LogP contribution is -2.38. The Labute approximate surface area is 114 Å².